The van der Waals surface area contributed by atoms with Crippen LogP contribution >= 0.6 is 11.6 Å². The van der Waals surface area contributed by atoms with Crippen LogP contribution in [0.5, 0.6) is 0 Å². The maximum Gasteiger partial charge on any atom is 0.291 e. The Morgan fingerprint density at radius 3 is 2.64 bits per heavy atom. The molecule has 0 bridgehead atoms. The van der Waals surface area contributed by atoms with Crippen molar-refractivity contribution in [1.82, 2.24) is 10.3 Å². The Hall–Kier alpha value is -3.51. The van der Waals surface area contributed by atoms with Crippen molar-refractivity contribution in [1.29, 1.82) is 0 Å². The van der Waals surface area contributed by atoms with E-state index in [0.717, 1.165) is 16.5 Å². The monoisotopic (exact) mass is 393 g/mol. The minimum atomic E-state index is -0.337. The highest BCUT2D eigenvalue weighted by atomic mass is 35.5. The highest BCUT2D eigenvalue weighted by Gasteiger charge is 2.16. The van der Waals surface area contributed by atoms with Crippen LogP contribution in [0.25, 0.3) is 10.9 Å². The number of aromatic amines is 1. The molecule has 0 atom stereocenters. The van der Waals surface area contributed by atoms with Gasteiger partial charge in [-0.25, -0.2) is 0 Å². The fourth-order valence-electron chi connectivity index (χ4n) is 2.89. The highest BCUT2D eigenvalue weighted by Crippen LogP contribution is 2.27. The molecule has 0 aliphatic rings. The Labute approximate surface area is 165 Å². The second-order valence-corrected chi connectivity index (χ2v) is 6.55. The van der Waals surface area contributed by atoms with E-state index in [1.54, 1.807) is 30.3 Å². The fraction of sp³-hybridized carbons (Fsp3) is 0.0476. The summed E-state index contributed by atoms with van der Waals surface area (Å²) in [5, 5.41) is 6.80. The molecule has 0 aliphatic heterocycles. The van der Waals surface area contributed by atoms with Crippen LogP contribution in [0.3, 0.4) is 0 Å². The number of carbonyl (C=O) groups is 2. The van der Waals surface area contributed by atoms with Crippen LogP contribution in [0.2, 0.25) is 5.02 Å². The van der Waals surface area contributed by atoms with E-state index in [4.69, 9.17) is 16.0 Å². The van der Waals surface area contributed by atoms with Gasteiger partial charge in [-0.15, -0.1) is 0 Å². The van der Waals surface area contributed by atoms with Crippen LogP contribution in [0, 0.1) is 0 Å². The fourth-order valence-corrected chi connectivity index (χ4v) is 3.19. The number of fused-ring (bicyclic) bond motifs is 1. The van der Waals surface area contributed by atoms with Crippen molar-refractivity contribution >= 4 is 40.0 Å². The summed E-state index contributed by atoms with van der Waals surface area (Å²) in [6, 6.07) is 17.9. The van der Waals surface area contributed by atoms with Gasteiger partial charge < -0.3 is 20.0 Å². The minimum absolute atomic E-state index is 0.229. The molecule has 28 heavy (non-hydrogen) atoms. The van der Waals surface area contributed by atoms with Gasteiger partial charge in [-0.2, -0.15) is 0 Å². The maximum atomic E-state index is 12.5. The quantitative estimate of drug-likeness (QED) is 0.463. The predicted molar refractivity (Wildman–Crippen MR) is 108 cm³/mol. The minimum Gasteiger partial charge on any atom is -0.459 e. The van der Waals surface area contributed by atoms with Crippen molar-refractivity contribution in [2.24, 2.45) is 0 Å². The lowest BCUT2D eigenvalue weighted by Gasteiger charge is -2.08. The van der Waals surface area contributed by atoms with Gasteiger partial charge in [0.25, 0.3) is 11.8 Å². The third kappa shape index (κ3) is 3.63. The number of aromatic nitrogens is 1. The molecule has 2 aromatic carbocycles. The predicted octanol–water partition coefficient (Wildman–Crippen LogP) is 4.60. The molecule has 6 nitrogen and oxygen atoms in total. The van der Waals surface area contributed by atoms with Crippen LogP contribution in [-0.4, -0.2) is 16.8 Å². The van der Waals surface area contributed by atoms with E-state index >= 15 is 0 Å². The first kappa shape index (κ1) is 17.9. The van der Waals surface area contributed by atoms with Crippen LogP contribution in [-0.2, 0) is 6.54 Å². The van der Waals surface area contributed by atoms with Gasteiger partial charge in [0, 0.05) is 23.1 Å². The number of carbonyl (C=O) groups excluding carboxylic acids is 2. The molecule has 3 N–H and O–H groups in total. The second kappa shape index (κ2) is 7.62. The second-order valence-electron chi connectivity index (χ2n) is 6.17. The zero-order valence-electron chi connectivity index (χ0n) is 14.7. The maximum absolute atomic E-state index is 12.5. The van der Waals surface area contributed by atoms with E-state index in [1.807, 2.05) is 30.3 Å². The molecule has 2 heterocycles. The third-order valence-corrected chi connectivity index (χ3v) is 4.65. The van der Waals surface area contributed by atoms with Gasteiger partial charge in [-0.3, -0.25) is 9.59 Å². The van der Waals surface area contributed by atoms with Crippen molar-refractivity contribution in [3.63, 3.8) is 0 Å². The number of nitrogens with one attached hydrogen (secondary N) is 3. The van der Waals surface area contributed by atoms with Crippen molar-refractivity contribution in [3.05, 3.63) is 89.0 Å². The molecule has 0 aliphatic carbocycles. The van der Waals surface area contributed by atoms with Gasteiger partial charge in [0.2, 0.25) is 0 Å². The van der Waals surface area contributed by atoms with E-state index in [0.29, 0.717) is 16.4 Å². The van der Waals surface area contributed by atoms with Crippen molar-refractivity contribution in [2.75, 3.05) is 5.32 Å². The van der Waals surface area contributed by atoms with Gasteiger partial charge in [-0.05, 0) is 35.9 Å². The molecule has 140 valence electrons. The number of hydrogen-bond acceptors (Lipinski definition) is 3. The van der Waals surface area contributed by atoms with Crippen LogP contribution < -0.4 is 10.6 Å². The number of rotatable bonds is 5. The van der Waals surface area contributed by atoms with Crippen molar-refractivity contribution in [2.45, 2.75) is 6.54 Å². The van der Waals surface area contributed by atoms with Gasteiger partial charge >= 0.3 is 0 Å². The van der Waals surface area contributed by atoms with Crippen LogP contribution in [0.4, 0.5) is 5.69 Å². The molecule has 0 fully saturated rings. The number of hydrogen-bond donors (Lipinski definition) is 3. The molecule has 0 saturated heterocycles. The Balaban J connectivity index is 1.43. The summed E-state index contributed by atoms with van der Waals surface area (Å²) in [6.45, 7) is 0.287. The molecular weight excluding hydrogens is 378 g/mol. The van der Waals surface area contributed by atoms with Gasteiger partial charge in [0.1, 0.15) is 5.69 Å². The number of amides is 2. The summed E-state index contributed by atoms with van der Waals surface area (Å²) >= 11 is 6.32. The molecule has 2 amide bonds. The van der Waals surface area contributed by atoms with Crippen molar-refractivity contribution < 1.29 is 14.0 Å². The number of anilines is 1. The van der Waals surface area contributed by atoms with E-state index in [1.165, 1.54) is 6.26 Å². The van der Waals surface area contributed by atoms with E-state index < -0.39 is 0 Å². The Kier molecular flexibility index (Phi) is 4.87. The van der Waals surface area contributed by atoms with Gasteiger partial charge in [0.15, 0.2) is 5.76 Å². The normalized spacial score (nSPS) is 10.8. The SMILES string of the molecule is O=C(Nc1cccc(CNC(=O)c2[nH]c3ccccc3c2Cl)c1)c1ccco1. The first-order chi connectivity index (χ1) is 13.6. The Morgan fingerprint density at radius 1 is 1.00 bits per heavy atom. The number of H-pyrrole nitrogens is 1. The molecule has 0 spiro atoms. The van der Waals surface area contributed by atoms with E-state index in [2.05, 4.69) is 15.6 Å². The zero-order valence-corrected chi connectivity index (χ0v) is 15.4. The summed E-state index contributed by atoms with van der Waals surface area (Å²) in [7, 11) is 0. The number of benzene rings is 2. The summed E-state index contributed by atoms with van der Waals surface area (Å²) in [5.74, 6) is -0.408. The lowest BCUT2D eigenvalue weighted by Crippen LogP contribution is -2.23. The van der Waals surface area contributed by atoms with Crippen LogP contribution in [0.15, 0.2) is 71.3 Å². The number of furan rings is 1. The lowest BCUT2D eigenvalue weighted by atomic mass is 10.2. The number of halogens is 1. The molecule has 4 aromatic rings. The van der Waals surface area contributed by atoms with Gasteiger partial charge in [-0.1, -0.05) is 41.9 Å². The summed E-state index contributed by atoms with van der Waals surface area (Å²) in [6.07, 6.45) is 1.44. The first-order valence-electron chi connectivity index (χ1n) is 8.60. The Bertz CT molecular complexity index is 1150. The molecule has 0 saturated carbocycles. The lowest BCUT2D eigenvalue weighted by molar-refractivity contribution is 0.0945. The van der Waals surface area contributed by atoms with Crippen molar-refractivity contribution in [3.8, 4) is 0 Å². The topological polar surface area (TPSA) is 87.1 Å². The molecule has 7 heteroatoms. The Morgan fingerprint density at radius 2 is 1.86 bits per heavy atom. The molecular formula is C21H16ClN3O3. The summed E-state index contributed by atoms with van der Waals surface area (Å²) in [4.78, 5) is 27.6. The molecule has 4 rings (SSSR count). The largest absolute Gasteiger partial charge is 0.459 e. The summed E-state index contributed by atoms with van der Waals surface area (Å²) in [5.41, 5.74) is 2.57. The number of para-hydroxylation sites is 1. The smallest absolute Gasteiger partial charge is 0.291 e. The first-order valence-corrected chi connectivity index (χ1v) is 8.98. The van der Waals surface area contributed by atoms with Crippen LogP contribution in [0.1, 0.15) is 26.6 Å². The standard InChI is InChI=1S/C21H16ClN3O3/c22-18-15-7-1-2-8-16(15)25-19(18)21(27)23-12-13-5-3-6-14(11-13)24-20(26)17-9-4-10-28-17/h1-11,25H,12H2,(H,23,27)(H,24,26). The highest BCUT2D eigenvalue weighted by molar-refractivity contribution is 6.38. The zero-order chi connectivity index (χ0) is 19.5. The average Bonchev–Trinajstić information content (AvgIpc) is 3.35. The van der Waals surface area contributed by atoms with E-state index in [-0.39, 0.29) is 24.1 Å². The molecule has 2 aromatic heterocycles. The van der Waals surface area contributed by atoms with Gasteiger partial charge in [0.05, 0.1) is 11.3 Å². The average molecular weight is 394 g/mol. The molecule has 0 unspecified atom stereocenters. The third-order valence-electron chi connectivity index (χ3n) is 4.25. The molecule has 0 radical (unpaired) electrons. The summed E-state index contributed by atoms with van der Waals surface area (Å²) < 4.78 is 5.08. The van der Waals surface area contributed by atoms with E-state index in [9.17, 15) is 9.59 Å².